The van der Waals surface area contributed by atoms with Gasteiger partial charge in [0.15, 0.2) is 11.5 Å². The van der Waals surface area contributed by atoms with E-state index in [-0.39, 0.29) is 6.10 Å². The van der Waals surface area contributed by atoms with E-state index in [1.54, 1.807) is 19.4 Å². The summed E-state index contributed by atoms with van der Waals surface area (Å²) in [4.78, 5) is 11.2. The van der Waals surface area contributed by atoms with Crippen LogP contribution >= 0.6 is 0 Å². The van der Waals surface area contributed by atoms with Crippen molar-refractivity contribution in [2.75, 3.05) is 51.9 Å². The van der Waals surface area contributed by atoms with E-state index in [2.05, 4.69) is 73.0 Å². The number of aromatic nitrogens is 2. The molecule has 42 heavy (non-hydrogen) atoms. The normalized spacial score (nSPS) is 20.7. The number of rotatable bonds is 12. The van der Waals surface area contributed by atoms with Crippen molar-refractivity contribution in [3.05, 3.63) is 54.6 Å². The van der Waals surface area contributed by atoms with Crippen LogP contribution in [0.3, 0.4) is 0 Å². The number of nitrogens with zero attached hydrogens (tertiary/aromatic N) is 3. The standard InChI is InChI=1S/C27H42N4O4.C7H14/c1-5-21(2)9-12-29-27-22(3)16-26(32-4)25(10-11-28-20-30-27)35-19-24-18-31(13-7-15-34-24)17-23-8-6-14-33-23;1-4-6-7(3)5-2/h9-12,16,20-21,23-24H,5-8,13-15,17-19H2,1-4H3,(H,28,29,30);4,6-7H,5H2,1-3H3/b12-9+;6-4-. The number of allylic oxidation sites excluding steroid dienone is 3. The zero-order valence-corrected chi connectivity index (χ0v) is 27.2. The molecule has 2 aliphatic heterocycles. The lowest BCUT2D eigenvalue weighted by Crippen LogP contribution is -2.39. The number of nitrogens with one attached hydrogen (secondary N) is 1. The van der Waals surface area contributed by atoms with Gasteiger partial charge >= 0.3 is 0 Å². The number of methoxy groups -OCH3 is 1. The number of hydrogen-bond donors (Lipinski definition) is 1. The third-order valence-corrected chi connectivity index (χ3v) is 7.55. The molecule has 1 N–H and O–H groups in total. The zero-order chi connectivity index (χ0) is 30.6. The van der Waals surface area contributed by atoms with Crippen molar-refractivity contribution in [1.82, 2.24) is 14.9 Å². The SMILES string of the molecule is C/C=C\C(C)CC.CCC(C)/C=C/Nc1ncnccc(OCC2CN(CC3CCCO3)CCCO2)c(OC)cc1C. The summed E-state index contributed by atoms with van der Waals surface area (Å²) in [5.41, 5.74) is 0.909. The summed E-state index contributed by atoms with van der Waals surface area (Å²) in [6, 6.07) is 3.73. The first-order valence-corrected chi connectivity index (χ1v) is 15.8. The molecule has 1 aromatic heterocycles. The molecule has 2 aliphatic rings. The Morgan fingerprint density at radius 1 is 1.07 bits per heavy atom. The fraction of sp³-hybridized carbons (Fsp3) is 0.647. The fourth-order valence-corrected chi connectivity index (χ4v) is 4.58. The topological polar surface area (TPSA) is 78.0 Å². The Morgan fingerprint density at radius 3 is 2.48 bits per heavy atom. The summed E-state index contributed by atoms with van der Waals surface area (Å²) in [5.74, 6) is 3.19. The average molecular weight is 585 g/mol. The molecule has 3 rings (SSSR count). The fourth-order valence-electron chi connectivity index (χ4n) is 4.58. The molecule has 0 saturated carbocycles. The quantitative estimate of drug-likeness (QED) is 0.260. The highest BCUT2D eigenvalue weighted by Crippen LogP contribution is 2.27. The van der Waals surface area contributed by atoms with Gasteiger partial charge in [0.1, 0.15) is 24.9 Å². The van der Waals surface area contributed by atoms with Crippen LogP contribution in [0.2, 0.25) is 0 Å². The van der Waals surface area contributed by atoms with Gasteiger partial charge < -0.3 is 24.3 Å². The van der Waals surface area contributed by atoms with Crippen LogP contribution in [0.4, 0.5) is 5.82 Å². The number of anilines is 1. The molecule has 0 aromatic carbocycles. The zero-order valence-electron chi connectivity index (χ0n) is 27.2. The molecule has 0 aliphatic carbocycles. The molecule has 2 saturated heterocycles. The summed E-state index contributed by atoms with van der Waals surface area (Å²) in [7, 11) is 1.64. The second kappa shape index (κ2) is 21.1. The molecular weight excluding hydrogens is 528 g/mol. The van der Waals surface area contributed by atoms with Crippen molar-refractivity contribution < 1.29 is 18.9 Å². The minimum Gasteiger partial charge on any atom is -0.493 e. The van der Waals surface area contributed by atoms with Crippen LogP contribution in [0.5, 0.6) is 11.5 Å². The Hall–Kier alpha value is -2.68. The Balaban J connectivity index is 0.000000782. The molecule has 1 aromatic rings. The highest BCUT2D eigenvalue weighted by atomic mass is 16.5. The van der Waals surface area contributed by atoms with Gasteiger partial charge in [-0.05, 0) is 62.8 Å². The molecule has 0 amide bonds. The Bertz CT molecular complexity index is 995. The van der Waals surface area contributed by atoms with Gasteiger partial charge in [-0.3, -0.25) is 4.90 Å². The van der Waals surface area contributed by atoms with E-state index >= 15 is 0 Å². The predicted octanol–water partition coefficient (Wildman–Crippen LogP) is 7.15. The van der Waals surface area contributed by atoms with Gasteiger partial charge in [-0.1, -0.05) is 58.8 Å². The van der Waals surface area contributed by atoms with E-state index in [1.807, 2.05) is 19.2 Å². The lowest BCUT2D eigenvalue weighted by atomic mass is 10.1. The van der Waals surface area contributed by atoms with Crippen LogP contribution < -0.4 is 14.8 Å². The maximum absolute atomic E-state index is 6.23. The van der Waals surface area contributed by atoms with E-state index in [0.717, 1.165) is 70.0 Å². The van der Waals surface area contributed by atoms with Crippen LogP contribution in [0, 0.1) is 18.8 Å². The van der Waals surface area contributed by atoms with Crippen molar-refractivity contribution in [1.29, 1.82) is 0 Å². The van der Waals surface area contributed by atoms with Crippen molar-refractivity contribution in [3.8, 4) is 11.5 Å². The van der Waals surface area contributed by atoms with E-state index in [9.17, 15) is 0 Å². The minimum atomic E-state index is -0.0219. The average Bonchev–Trinajstić information content (AvgIpc) is 3.40. The molecule has 4 unspecified atom stereocenters. The lowest BCUT2D eigenvalue weighted by Gasteiger charge is -2.26. The minimum absolute atomic E-state index is 0.0219. The predicted molar refractivity (Wildman–Crippen MR) is 173 cm³/mol. The first-order chi connectivity index (χ1) is 20.4. The number of aryl methyl sites for hydroxylation is 1. The van der Waals surface area contributed by atoms with Crippen LogP contribution in [0.15, 0.2) is 49.1 Å². The van der Waals surface area contributed by atoms with E-state index in [1.165, 1.54) is 12.7 Å². The molecular formula is C34H56N4O4. The molecule has 4 atom stereocenters. The number of hydrogen-bond acceptors (Lipinski definition) is 8. The van der Waals surface area contributed by atoms with E-state index in [0.29, 0.717) is 35.9 Å². The second-order valence-electron chi connectivity index (χ2n) is 11.2. The van der Waals surface area contributed by atoms with Gasteiger partial charge in [0.25, 0.3) is 0 Å². The molecule has 0 bridgehead atoms. The highest BCUT2D eigenvalue weighted by molar-refractivity contribution is 5.48. The highest BCUT2D eigenvalue weighted by Gasteiger charge is 2.24. The van der Waals surface area contributed by atoms with Crippen LogP contribution in [-0.2, 0) is 9.47 Å². The molecule has 8 nitrogen and oxygen atoms in total. The van der Waals surface area contributed by atoms with Crippen molar-refractivity contribution >= 4 is 5.82 Å². The molecule has 0 radical (unpaired) electrons. The van der Waals surface area contributed by atoms with Crippen LogP contribution in [-0.4, -0.2) is 73.6 Å². The third kappa shape index (κ3) is 14.0. The maximum atomic E-state index is 6.23. The molecule has 236 valence electrons. The third-order valence-electron chi connectivity index (χ3n) is 7.55. The van der Waals surface area contributed by atoms with Crippen molar-refractivity contribution in [2.24, 2.45) is 11.8 Å². The number of ether oxygens (including phenoxy) is 4. The van der Waals surface area contributed by atoms with Gasteiger partial charge in [0.2, 0.25) is 0 Å². The monoisotopic (exact) mass is 584 g/mol. The lowest BCUT2D eigenvalue weighted by molar-refractivity contribution is 0.0120. The van der Waals surface area contributed by atoms with Gasteiger partial charge in [-0.15, -0.1) is 0 Å². The van der Waals surface area contributed by atoms with Gasteiger partial charge in [-0.25, -0.2) is 9.97 Å². The largest absolute Gasteiger partial charge is 0.493 e. The molecule has 0 spiro atoms. The van der Waals surface area contributed by atoms with Gasteiger partial charge in [0, 0.05) is 45.1 Å². The summed E-state index contributed by atoms with van der Waals surface area (Å²) < 4.78 is 23.9. The summed E-state index contributed by atoms with van der Waals surface area (Å²) >= 11 is 0. The smallest absolute Gasteiger partial charge is 0.162 e. The van der Waals surface area contributed by atoms with Crippen LogP contribution in [0.1, 0.15) is 72.3 Å². The molecule has 8 heteroatoms. The van der Waals surface area contributed by atoms with Crippen LogP contribution in [0.25, 0.3) is 0 Å². The summed E-state index contributed by atoms with van der Waals surface area (Å²) in [6.45, 7) is 17.7. The molecule has 2 fully saturated rings. The maximum Gasteiger partial charge on any atom is 0.162 e. The Morgan fingerprint density at radius 2 is 1.81 bits per heavy atom. The first-order valence-electron chi connectivity index (χ1n) is 15.8. The van der Waals surface area contributed by atoms with Gasteiger partial charge in [-0.2, -0.15) is 0 Å². The van der Waals surface area contributed by atoms with Crippen molar-refractivity contribution in [3.63, 3.8) is 0 Å². The van der Waals surface area contributed by atoms with Crippen molar-refractivity contribution in [2.45, 2.75) is 85.9 Å². The first kappa shape index (κ1) is 35.5. The second-order valence-corrected chi connectivity index (χ2v) is 11.2. The van der Waals surface area contributed by atoms with E-state index < -0.39 is 0 Å². The van der Waals surface area contributed by atoms with Gasteiger partial charge in [0.05, 0.1) is 13.2 Å². The molecule has 3 heterocycles. The summed E-state index contributed by atoms with van der Waals surface area (Å²) in [5, 5.41) is 3.27. The summed E-state index contributed by atoms with van der Waals surface area (Å²) in [6.07, 6.45) is 17.6. The van der Waals surface area contributed by atoms with E-state index in [4.69, 9.17) is 18.9 Å². The Labute approximate surface area is 255 Å². The Kier molecular flexibility index (Phi) is 17.8.